The summed E-state index contributed by atoms with van der Waals surface area (Å²) in [5, 5.41) is 9.66. The Morgan fingerprint density at radius 3 is 2.60 bits per heavy atom. The van der Waals surface area contributed by atoms with E-state index in [1.54, 1.807) is 0 Å². The van der Waals surface area contributed by atoms with Gasteiger partial charge in [0.25, 0.3) is 0 Å². The van der Waals surface area contributed by atoms with Crippen molar-refractivity contribution in [2.45, 2.75) is 0 Å². The minimum absolute atomic E-state index is 0.0859. The summed E-state index contributed by atoms with van der Waals surface area (Å²) < 4.78 is 4.19. The van der Waals surface area contributed by atoms with E-state index >= 15 is 0 Å². The highest BCUT2D eigenvalue weighted by Crippen LogP contribution is 1.82. The fourth-order valence-corrected chi connectivity index (χ4v) is 0.277. The number of rotatable bonds is 3. The van der Waals surface area contributed by atoms with E-state index in [1.165, 1.54) is 0 Å². The van der Waals surface area contributed by atoms with E-state index in [4.69, 9.17) is 0 Å². The molecule has 4 nitrogen and oxygen atoms in total. The zero-order chi connectivity index (χ0) is 7.98. The van der Waals surface area contributed by atoms with Crippen LogP contribution in [0.4, 0.5) is 0 Å². The fraction of sp³-hybridized carbons (Fsp3) is 0.200. The van der Waals surface area contributed by atoms with Crippen LogP contribution in [0.25, 0.3) is 0 Å². The number of carboxylic acid groups (broad SMARTS) is 1. The summed E-state index contributed by atoms with van der Waals surface area (Å²) in [7, 11) is 0. The second kappa shape index (κ2) is 4.87. The lowest BCUT2D eigenvalue weighted by molar-refractivity contribution is -0.297. The summed E-state index contributed by atoms with van der Waals surface area (Å²) >= 11 is 3.57. The molecule has 0 aromatic heterocycles. The minimum atomic E-state index is -1.41. The summed E-state index contributed by atoms with van der Waals surface area (Å²) in [6.45, 7) is 0. The molecule has 0 N–H and O–H groups in total. The van der Waals surface area contributed by atoms with Crippen LogP contribution in [-0.4, -0.2) is 17.7 Å². The van der Waals surface area contributed by atoms with Crippen LogP contribution >= 0.6 is 12.6 Å². The number of hydrogen-bond donors (Lipinski definition) is 1. The molecule has 0 aromatic carbocycles. The van der Waals surface area contributed by atoms with E-state index in [-0.39, 0.29) is 5.75 Å². The Bertz CT molecular complexity index is 163. The maximum atomic E-state index is 10.2. The Hall–Kier alpha value is -0.970. The Labute approximate surface area is 62.9 Å². The molecule has 0 bridgehead atoms. The monoisotopic (exact) mass is 161 g/mol. The van der Waals surface area contributed by atoms with Gasteiger partial charge in [-0.2, -0.15) is 12.6 Å². The second-order valence-electron chi connectivity index (χ2n) is 1.27. The van der Waals surface area contributed by atoms with Crippen molar-refractivity contribution in [2.24, 2.45) is 0 Å². The lowest BCUT2D eigenvalue weighted by Crippen LogP contribution is -2.19. The van der Waals surface area contributed by atoms with Gasteiger partial charge in [0.2, 0.25) is 0 Å². The molecule has 0 aliphatic heterocycles. The molecule has 0 saturated heterocycles. The quantitative estimate of drug-likeness (QED) is 0.242. The number of carbonyl (C=O) groups excluding carboxylic acids is 2. The van der Waals surface area contributed by atoms with Crippen LogP contribution in [0.15, 0.2) is 12.3 Å². The summed E-state index contributed by atoms with van der Waals surface area (Å²) in [4.78, 5) is 19.9. The molecule has 0 amide bonds. The predicted molar refractivity (Wildman–Crippen MR) is 34.1 cm³/mol. The van der Waals surface area contributed by atoms with Gasteiger partial charge in [0.15, 0.2) is 0 Å². The van der Waals surface area contributed by atoms with Crippen LogP contribution in [0, 0.1) is 0 Å². The highest BCUT2D eigenvalue weighted by molar-refractivity contribution is 7.81. The van der Waals surface area contributed by atoms with Crippen LogP contribution in [0.5, 0.6) is 0 Å². The van der Waals surface area contributed by atoms with Gasteiger partial charge >= 0.3 is 5.97 Å². The molecule has 0 spiro atoms. The van der Waals surface area contributed by atoms with Crippen molar-refractivity contribution in [3.05, 3.63) is 12.3 Å². The molecule has 0 unspecified atom stereocenters. The van der Waals surface area contributed by atoms with Crippen molar-refractivity contribution in [3.63, 3.8) is 0 Å². The number of carboxylic acids is 1. The number of thiol groups is 1. The number of aliphatic carboxylic acids is 1. The van der Waals surface area contributed by atoms with Crippen molar-refractivity contribution >= 4 is 24.6 Å². The molecule has 0 saturated carbocycles. The zero-order valence-corrected chi connectivity index (χ0v) is 5.84. The average Bonchev–Trinajstić information content (AvgIpc) is 1.87. The normalized spacial score (nSPS) is 9.70. The Morgan fingerprint density at radius 1 is 1.60 bits per heavy atom. The third-order valence-electron chi connectivity index (χ3n) is 0.533. The first-order valence-electron chi connectivity index (χ1n) is 2.34. The van der Waals surface area contributed by atoms with Gasteiger partial charge in [-0.3, -0.25) is 4.79 Å². The zero-order valence-electron chi connectivity index (χ0n) is 4.94. The summed E-state index contributed by atoms with van der Waals surface area (Å²) in [6, 6.07) is 0. The standard InChI is InChI=1S/C5H6O4S/c6-4(7)1-2-9-5(8)3-10/h1-2,10H,3H2,(H,6,7)/p-1/b2-1+. The third kappa shape index (κ3) is 5.17. The predicted octanol–water partition coefficient (Wildman–Crippen LogP) is -1.28. The lowest BCUT2D eigenvalue weighted by atomic mass is 10.6. The molecule has 5 heteroatoms. The van der Waals surface area contributed by atoms with Gasteiger partial charge in [-0.1, -0.05) is 0 Å². The molecule has 0 atom stereocenters. The van der Waals surface area contributed by atoms with E-state index < -0.39 is 11.9 Å². The summed E-state index contributed by atoms with van der Waals surface area (Å²) in [5.74, 6) is -2.11. The van der Waals surface area contributed by atoms with Crippen LogP contribution in [0.1, 0.15) is 0 Å². The number of esters is 1. The van der Waals surface area contributed by atoms with Crippen LogP contribution in [0.2, 0.25) is 0 Å². The van der Waals surface area contributed by atoms with Gasteiger partial charge in [0.05, 0.1) is 18.0 Å². The molecule has 56 valence electrons. The maximum absolute atomic E-state index is 10.2. The lowest BCUT2D eigenvalue weighted by Gasteiger charge is -1.93. The van der Waals surface area contributed by atoms with Crippen molar-refractivity contribution in [2.75, 3.05) is 5.75 Å². The Balaban J connectivity index is 3.53. The SMILES string of the molecule is O=C([O-])/C=C/OC(=O)CS. The molecule has 10 heavy (non-hydrogen) atoms. The van der Waals surface area contributed by atoms with Gasteiger partial charge < -0.3 is 14.6 Å². The van der Waals surface area contributed by atoms with E-state index in [0.717, 1.165) is 6.26 Å². The molecule has 0 aliphatic carbocycles. The molecular formula is C5H5O4S-. The number of ether oxygens (including phenoxy) is 1. The first kappa shape index (κ1) is 9.03. The number of hydrogen-bond acceptors (Lipinski definition) is 5. The summed E-state index contributed by atoms with van der Waals surface area (Å²) in [6.07, 6.45) is 1.36. The Kier molecular flexibility index (Phi) is 4.39. The minimum Gasteiger partial charge on any atom is -0.545 e. The number of carbonyl (C=O) groups is 2. The largest absolute Gasteiger partial charge is 0.545 e. The highest BCUT2D eigenvalue weighted by atomic mass is 32.1. The van der Waals surface area contributed by atoms with E-state index in [2.05, 4.69) is 17.4 Å². The van der Waals surface area contributed by atoms with Crippen molar-refractivity contribution < 1.29 is 19.4 Å². The highest BCUT2D eigenvalue weighted by Gasteiger charge is 1.92. The molecule has 0 rings (SSSR count). The van der Waals surface area contributed by atoms with Crippen molar-refractivity contribution in [1.82, 2.24) is 0 Å². The van der Waals surface area contributed by atoms with E-state index in [0.29, 0.717) is 6.08 Å². The Morgan fingerprint density at radius 2 is 2.20 bits per heavy atom. The topological polar surface area (TPSA) is 66.4 Å². The van der Waals surface area contributed by atoms with Crippen LogP contribution < -0.4 is 5.11 Å². The third-order valence-corrected chi connectivity index (χ3v) is 0.791. The van der Waals surface area contributed by atoms with Gasteiger partial charge in [-0.05, 0) is 6.08 Å². The van der Waals surface area contributed by atoms with Crippen LogP contribution in [-0.2, 0) is 14.3 Å². The smallest absolute Gasteiger partial charge is 0.320 e. The van der Waals surface area contributed by atoms with Gasteiger partial charge in [-0.15, -0.1) is 0 Å². The average molecular weight is 161 g/mol. The van der Waals surface area contributed by atoms with Gasteiger partial charge in [-0.25, -0.2) is 0 Å². The van der Waals surface area contributed by atoms with Crippen molar-refractivity contribution in [1.29, 1.82) is 0 Å². The molecule has 0 aromatic rings. The van der Waals surface area contributed by atoms with Gasteiger partial charge in [0.1, 0.15) is 0 Å². The maximum Gasteiger partial charge on any atom is 0.320 e. The summed E-state index contributed by atoms with van der Waals surface area (Å²) in [5.41, 5.74) is 0. The molecular weight excluding hydrogens is 156 g/mol. The van der Waals surface area contributed by atoms with E-state index in [9.17, 15) is 14.7 Å². The first-order chi connectivity index (χ1) is 4.66. The first-order valence-corrected chi connectivity index (χ1v) is 2.98. The van der Waals surface area contributed by atoms with Crippen LogP contribution in [0.3, 0.4) is 0 Å². The fourth-order valence-electron chi connectivity index (χ4n) is 0.203. The van der Waals surface area contributed by atoms with Crippen molar-refractivity contribution in [3.8, 4) is 0 Å². The van der Waals surface area contributed by atoms with Gasteiger partial charge in [0, 0.05) is 0 Å². The molecule has 0 aliphatic rings. The molecule has 0 radical (unpaired) electrons. The van der Waals surface area contributed by atoms with E-state index in [1.807, 2.05) is 0 Å². The second-order valence-corrected chi connectivity index (χ2v) is 1.59. The molecule has 0 fully saturated rings. The molecule has 0 heterocycles.